The minimum Gasteiger partial charge on any atom is -0.464 e. The van der Waals surface area contributed by atoms with E-state index in [-0.39, 0.29) is 12.0 Å². The van der Waals surface area contributed by atoms with Crippen LogP contribution in [0.3, 0.4) is 0 Å². The Labute approximate surface area is 109 Å². The summed E-state index contributed by atoms with van der Waals surface area (Å²) in [7, 11) is 0. The minimum atomic E-state index is -0.364. The predicted octanol–water partition coefficient (Wildman–Crippen LogP) is 2.24. The van der Waals surface area contributed by atoms with Crippen LogP contribution in [-0.2, 0) is 9.53 Å². The van der Waals surface area contributed by atoms with Gasteiger partial charge in [0.1, 0.15) is 6.04 Å². The first-order valence-electron chi connectivity index (χ1n) is 5.02. The first-order chi connectivity index (χ1) is 7.54. The van der Waals surface area contributed by atoms with Crippen LogP contribution in [0.15, 0.2) is 18.2 Å². The number of nitrogens with one attached hydrogen (secondary N) is 1. The fraction of sp³-hybridized carbons (Fsp3) is 0.364. The topological polar surface area (TPSA) is 64.3 Å². The largest absolute Gasteiger partial charge is 0.464 e. The molecule has 5 heteroatoms. The van der Waals surface area contributed by atoms with Crippen LogP contribution < -0.4 is 11.1 Å². The van der Waals surface area contributed by atoms with Gasteiger partial charge in [-0.2, -0.15) is 0 Å². The molecule has 1 atom stereocenters. The van der Waals surface area contributed by atoms with Crippen molar-refractivity contribution in [3.8, 4) is 0 Å². The molecule has 16 heavy (non-hydrogen) atoms. The lowest BCUT2D eigenvalue weighted by atomic mass is 10.2. The molecule has 0 aliphatic rings. The maximum absolute atomic E-state index is 11.4. The monoisotopic (exact) mass is 334 g/mol. The third kappa shape index (κ3) is 3.55. The van der Waals surface area contributed by atoms with Crippen molar-refractivity contribution in [2.24, 2.45) is 0 Å². The smallest absolute Gasteiger partial charge is 0.328 e. The zero-order valence-electron chi connectivity index (χ0n) is 9.29. The summed E-state index contributed by atoms with van der Waals surface area (Å²) in [5, 5.41) is 3.08. The Kier molecular flexibility index (Phi) is 4.85. The van der Waals surface area contributed by atoms with Crippen LogP contribution in [0.25, 0.3) is 0 Å². The number of nitrogens with two attached hydrogens (primary N) is 1. The Hall–Kier alpha value is -0.980. The first-order valence-corrected chi connectivity index (χ1v) is 6.10. The molecule has 3 N–H and O–H groups in total. The number of hydrogen-bond acceptors (Lipinski definition) is 4. The van der Waals surface area contributed by atoms with Crippen molar-refractivity contribution >= 4 is 39.9 Å². The van der Waals surface area contributed by atoms with Gasteiger partial charge in [0, 0.05) is 14.9 Å². The van der Waals surface area contributed by atoms with E-state index < -0.39 is 0 Å². The van der Waals surface area contributed by atoms with Crippen molar-refractivity contribution < 1.29 is 9.53 Å². The maximum atomic E-state index is 11.4. The molecule has 1 aromatic rings. The van der Waals surface area contributed by atoms with Gasteiger partial charge in [0.05, 0.1) is 6.61 Å². The van der Waals surface area contributed by atoms with E-state index in [1.54, 1.807) is 19.9 Å². The van der Waals surface area contributed by atoms with Crippen LogP contribution in [-0.4, -0.2) is 18.6 Å². The van der Waals surface area contributed by atoms with Crippen LogP contribution in [0.1, 0.15) is 13.8 Å². The summed E-state index contributed by atoms with van der Waals surface area (Å²) in [5.41, 5.74) is 7.23. The zero-order valence-corrected chi connectivity index (χ0v) is 11.4. The molecular formula is C11H15IN2O2. The van der Waals surface area contributed by atoms with Gasteiger partial charge < -0.3 is 15.8 Å². The first kappa shape index (κ1) is 13.1. The molecule has 88 valence electrons. The fourth-order valence-electron chi connectivity index (χ4n) is 1.21. The van der Waals surface area contributed by atoms with Crippen molar-refractivity contribution in [3.63, 3.8) is 0 Å². The molecule has 0 radical (unpaired) electrons. The number of anilines is 2. The van der Waals surface area contributed by atoms with E-state index in [1.165, 1.54) is 0 Å². The molecule has 0 saturated carbocycles. The second-order valence-electron chi connectivity index (χ2n) is 3.36. The summed E-state index contributed by atoms with van der Waals surface area (Å²) < 4.78 is 5.89. The van der Waals surface area contributed by atoms with Gasteiger partial charge in [-0.05, 0) is 54.6 Å². The molecule has 0 fully saturated rings. The lowest BCUT2D eigenvalue weighted by Crippen LogP contribution is -2.28. The molecule has 1 unspecified atom stereocenters. The third-order valence-corrected chi connectivity index (χ3v) is 2.90. The van der Waals surface area contributed by atoms with Crippen LogP contribution in [0, 0.1) is 3.57 Å². The molecule has 0 saturated heterocycles. The van der Waals surface area contributed by atoms with Gasteiger partial charge in [0.25, 0.3) is 0 Å². The lowest BCUT2D eigenvalue weighted by molar-refractivity contribution is -0.143. The Morgan fingerprint density at radius 3 is 2.88 bits per heavy atom. The normalized spacial score (nSPS) is 11.9. The van der Waals surface area contributed by atoms with Crippen molar-refractivity contribution in [1.82, 2.24) is 0 Å². The number of halogens is 1. The molecule has 0 aliphatic carbocycles. The number of benzene rings is 1. The average molecular weight is 334 g/mol. The summed E-state index contributed by atoms with van der Waals surface area (Å²) >= 11 is 2.17. The van der Waals surface area contributed by atoms with Gasteiger partial charge >= 0.3 is 5.97 Å². The molecule has 0 spiro atoms. The Balaban J connectivity index is 2.69. The van der Waals surface area contributed by atoms with E-state index in [2.05, 4.69) is 27.9 Å². The van der Waals surface area contributed by atoms with Crippen LogP contribution >= 0.6 is 22.6 Å². The van der Waals surface area contributed by atoms with Gasteiger partial charge in [-0.1, -0.05) is 0 Å². The van der Waals surface area contributed by atoms with Gasteiger partial charge in [0.2, 0.25) is 0 Å². The molecule has 4 nitrogen and oxygen atoms in total. The number of hydrogen-bond donors (Lipinski definition) is 2. The highest BCUT2D eigenvalue weighted by molar-refractivity contribution is 14.1. The molecular weight excluding hydrogens is 319 g/mol. The number of carbonyl (C=O) groups is 1. The summed E-state index contributed by atoms with van der Waals surface area (Å²) in [5.74, 6) is -0.255. The third-order valence-electron chi connectivity index (χ3n) is 2.01. The van der Waals surface area contributed by atoms with Crippen molar-refractivity contribution in [1.29, 1.82) is 0 Å². The summed E-state index contributed by atoms with van der Waals surface area (Å²) in [4.78, 5) is 11.4. The highest BCUT2D eigenvalue weighted by Crippen LogP contribution is 2.21. The summed E-state index contributed by atoms with van der Waals surface area (Å²) in [6.45, 7) is 3.95. The van der Waals surface area contributed by atoms with E-state index >= 15 is 0 Å². The number of rotatable bonds is 4. The number of nitrogen functional groups attached to an aromatic ring is 1. The summed E-state index contributed by atoms with van der Waals surface area (Å²) in [6, 6.07) is 5.13. The van der Waals surface area contributed by atoms with E-state index in [9.17, 15) is 4.79 Å². The second-order valence-corrected chi connectivity index (χ2v) is 4.52. The van der Waals surface area contributed by atoms with E-state index in [4.69, 9.17) is 10.5 Å². The predicted molar refractivity (Wildman–Crippen MR) is 73.3 cm³/mol. The molecule has 0 heterocycles. The van der Waals surface area contributed by atoms with Crippen LogP contribution in [0.5, 0.6) is 0 Å². The number of carbonyl (C=O) groups excluding carboxylic acids is 1. The number of esters is 1. The van der Waals surface area contributed by atoms with Gasteiger partial charge in [-0.3, -0.25) is 0 Å². The quantitative estimate of drug-likeness (QED) is 0.504. The minimum absolute atomic E-state index is 0.255. The lowest BCUT2D eigenvalue weighted by Gasteiger charge is -2.15. The summed E-state index contributed by atoms with van der Waals surface area (Å²) in [6.07, 6.45) is 0. The van der Waals surface area contributed by atoms with E-state index in [0.29, 0.717) is 12.3 Å². The molecule has 1 rings (SSSR count). The Morgan fingerprint density at radius 2 is 2.31 bits per heavy atom. The van der Waals surface area contributed by atoms with Crippen molar-refractivity contribution in [2.45, 2.75) is 19.9 Å². The molecule has 0 bridgehead atoms. The zero-order chi connectivity index (χ0) is 12.1. The van der Waals surface area contributed by atoms with Gasteiger partial charge in [-0.25, -0.2) is 4.79 Å². The van der Waals surface area contributed by atoms with E-state index in [0.717, 1.165) is 9.26 Å². The molecule has 0 amide bonds. The average Bonchev–Trinajstić information content (AvgIpc) is 2.22. The Morgan fingerprint density at radius 1 is 1.62 bits per heavy atom. The van der Waals surface area contributed by atoms with Crippen LogP contribution in [0.4, 0.5) is 11.4 Å². The molecule has 0 aliphatic heterocycles. The standard InChI is InChI=1S/C11H15IN2O2/c1-3-16-11(15)7(2)14-10-5-4-8(13)6-9(10)12/h4-7,14H,3,13H2,1-2H3. The molecule has 1 aromatic carbocycles. The second kappa shape index (κ2) is 5.93. The van der Waals surface area contributed by atoms with Gasteiger partial charge in [-0.15, -0.1) is 0 Å². The Bertz CT molecular complexity index is 382. The van der Waals surface area contributed by atoms with Crippen molar-refractivity contribution in [3.05, 3.63) is 21.8 Å². The van der Waals surface area contributed by atoms with Gasteiger partial charge in [0.15, 0.2) is 0 Å². The highest BCUT2D eigenvalue weighted by Gasteiger charge is 2.14. The number of ether oxygens (including phenoxy) is 1. The maximum Gasteiger partial charge on any atom is 0.328 e. The van der Waals surface area contributed by atoms with Crippen LogP contribution in [0.2, 0.25) is 0 Å². The van der Waals surface area contributed by atoms with Crippen molar-refractivity contribution in [2.75, 3.05) is 17.7 Å². The fourth-order valence-corrected chi connectivity index (χ4v) is 1.90. The van der Waals surface area contributed by atoms with E-state index in [1.807, 2.05) is 12.1 Å². The highest BCUT2D eigenvalue weighted by atomic mass is 127. The molecule has 0 aromatic heterocycles. The SMILES string of the molecule is CCOC(=O)C(C)Nc1ccc(N)cc1I.